The molecular weight excluding hydrogens is 215 g/mol. The number of benzene rings is 1. The molecule has 0 aliphatic heterocycles. The molecule has 0 radical (unpaired) electrons. The zero-order chi connectivity index (χ0) is 11.0. The summed E-state index contributed by atoms with van der Waals surface area (Å²) in [5.41, 5.74) is 0.185. The first-order valence-corrected chi connectivity index (χ1v) is 5.03. The molecule has 0 spiro atoms. The number of hydrogen-bond donors (Lipinski definition) is 3. The van der Waals surface area contributed by atoms with E-state index in [0.29, 0.717) is 14.9 Å². The van der Waals surface area contributed by atoms with Crippen LogP contribution in [0.5, 0.6) is 0 Å². The molecule has 1 aromatic carbocycles. The van der Waals surface area contributed by atoms with Gasteiger partial charge in [-0.2, -0.15) is 0 Å². The van der Waals surface area contributed by atoms with Crippen LogP contribution >= 0.6 is 11.3 Å². The number of hydrogen-bond acceptors (Lipinski definition) is 4. The molecule has 3 N–H and O–H groups in total. The predicted molar refractivity (Wildman–Crippen MR) is 58.6 cm³/mol. The molecule has 15 heavy (non-hydrogen) atoms. The third kappa shape index (κ3) is 1.74. The number of carboxylic acid groups (broad SMARTS) is 1. The molecule has 1 aromatic heterocycles. The molecule has 4 nitrogen and oxygen atoms in total. The van der Waals surface area contributed by atoms with E-state index < -0.39 is 13.1 Å². The van der Waals surface area contributed by atoms with Crippen molar-refractivity contribution in [2.45, 2.75) is 0 Å². The normalized spacial score (nSPS) is 10.5. The van der Waals surface area contributed by atoms with E-state index in [0.717, 1.165) is 11.3 Å². The Balaban J connectivity index is 2.70. The molecule has 2 aromatic rings. The van der Waals surface area contributed by atoms with Crippen LogP contribution in [0.3, 0.4) is 0 Å². The maximum absolute atomic E-state index is 10.9. The molecule has 0 unspecified atom stereocenters. The summed E-state index contributed by atoms with van der Waals surface area (Å²) >= 11 is 1.08. The third-order valence-electron chi connectivity index (χ3n) is 2.05. The van der Waals surface area contributed by atoms with Gasteiger partial charge in [0.2, 0.25) is 0 Å². The van der Waals surface area contributed by atoms with Gasteiger partial charge in [0.1, 0.15) is 0 Å². The van der Waals surface area contributed by atoms with Crippen molar-refractivity contribution in [2.24, 2.45) is 0 Å². The highest BCUT2D eigenvalue weighted by molar-refractivity contribution is 7.28. The van der Waals surface area contributed by atoms with Crippen molar-refractivity contribution < 1.29 is 19.9 Å². The number of carboxylic acids is 1. The molecule has 2 rings (SSSR count). The highest BCUT2D eigenvalue weighted by Crippen LogP contribution is 2.23. The van der Waals surface area contributed by atoms with Gasteiger partial charge in [-0.3, -0.25) is 0 Å². The van der Waals surface area contributed by atoms with Crippen LogP contribution in [-0.2, 0) is 0 Å². The SMILES string of the molecule is O=C(O)c1cccc2cc(B(O)O)sc12. The Kier molecular flexibility index (Phi) is 2.48. The fraction of sp³-hybridized carbons (Fsp3) is 0. The van der Waals surface area contributed by atoms with Gasteiger partial charge in [-0.15, -0.1) is 11.3 Å². The highest BCUT2D eigenvalue weighted by Gasteiger charge is 2.17. The van der Waals surface area contributed by atoms with Crippen LogP contribution in [-0.4, -0.2) is 28.2 Å². The molecule has 0 saturated heterocycles. The van der Waals surface area contributed by atoms with E-state index in [9.17, 15) is 4.79 Å². The summed E-state index contributed by atoms with van der Waals surface area (Å²) in [6, 6.07) is 6.45. The molecule has 0 aliphatic carbocycles. The van der Waals surface area contributed by atoms with E-state index in [-0.39, 0.29) is 5.56 Å². The third-order valence-corrected chi connectivity index (χ3v) is 3.27. The molecule has 0 aliphatic rings. The van der Waals surface area contributed by atoms with E-state index in [1.165, 1.54) is 6.07 Å². The molecule has 0 amide bonds. The lowest BCUT2D eigenvalue weighted by atomic mass is 9.89. The number of fused-ring (bicyclic) bond motifs is 1. The van der Waals surface area contributed by atoms with E-state index in [1.807, 2.05) is 0 Å². The minimum Gasteiger partial charge on any atom is -0.478 e. The second-order valence-corrected chi connectivity index (χ2v) is 4.14. The van der Waals surface area contributed by atoms with Crippen molar-refractivity contribution in [3.8, 4) is 0 Å². The first kappa shape index (κ1) is 10.2. The van der Waals surface area contributed by atoms with Gasteiger partial charge in [0.25, 0.3) is 0 Å². The van der Waals surface area contributed by atoms with Gasteiger partial charge in [-0.05, 0) is 17.5 Å². The molecule has 0 bridgehead atoms. The summed E-state index contributed by atoms with van der Waals surface area (Å²) in [6.07, 6.45) is 0. The summed E-state index contributed by atoms with van der Waals surface area (Å²) < 4.78 is 0.909. The number of carbonyl (C=O) groups is 1. The Labute approximate surface area is 89.6 Å². The lowest BCUT2D eigenvalue weighted by Gasteiger charge is -1.94. The zero-order valence-electron chi connectivity index (χ0n) is 7.54. The quantitative estimate of drug-likeness (QED) is 0.637. The molecule has 0 saturated carbocycles. The van der Waals surface area contributed by atoms with Crippen molar-refractivity contribution in [1.29, 1.82) is 0 Å². The monoisotopic (exact) mass is 222 g/mol. The Bertz CT molecular complexity index is 520. The van der Waals surface area contributed by atoms with Crippen molar-refractivity contribution in [1.82, 2.24) is 0 Å². The summed E-state index contributed by atoms with van der Waals surface area (Å²) in [4.78, 5) is 10.9. The minimum atomic E-state index is -1.55. The average Bonchev–Trinajstić information content (AvgIpc) is 2.60. The Morgan fingerprint density at radius 3 is 2.67 bits per heavy atom. The summed E-state index contributed by atoms with van der Waals surface area (Å²) in [5.74, 6) is -1.01. The van der Waals surface area contributed by atoms with E-state index >= 15 is 0 Å². The minimum absolute atomic E-state index is 0.185. The standard InChI is InChI=1S/C9H7BO4S/c11-9(12)6-3-1-2-5-4-7(10(13)14)15-8(5)6/h1-4,13-14H,(H,11,12). The second-order valence-electron chi connectivity index (χ2n) is 3.05. The molecule has 0 atom stereocenters. The topological polar surface area (TPSA) is 77.8 Å². The Morgan fingerprint density at radius 2 is 2.07 bits per heavy atom. The fourth-order valence-corrected chi connectivity index (χ4v) is 2.42. The highest BCUT2D eigenvalue weighted by atomic mass is 32.1. The van der Waals surface area contributed by atoms with Crippen LogP contribution in [0.1, 0.15) is 10.4 Å². The summed E-state index contributed by atoms with van der Waals surface area (Å²) in [5, 5.41) is 27.6. The molecule has 6 heteroatoms. The van der Waals surface area contributed by atoms with Crippen LogP contribution < -0.4 is 4.78 Å². The zero-order valence-corrected chi connectivity index (χ0v) is 8.36. The van der Waals surface area contributed by atoms with Crippen LogP contribution in [0, 0.1) is 0 Å². The summed E-state index contributed by atoms with van der Waals surface area (Å²) in [7, 11) is -1.55. The largest absolute Gasteiger partial charge is 0.499 e. The molecular formula is C9H7BO4S. The fourth-order valence-electron chi connectivity index (χ4n) is 1.38. The smallest absolute Gasteiger partial charge is 0.478 e. The van der Waals surface area contributed by atoms with Crippen LogP contribution in [0.15, 0.2) is 24.3 Å². The Morgan fingerprint density at radius 1 is 1.33 bits per heavy atom. The van der Waals surface area contributed by atoms with E-state index in [2.05, 4.69) is 0 Å². The van der Waals surface area contributed by atoms with Gasteiger partial charge in [-0.1, -0.05) is 12.1 Å². The predicted octanol–water partition coefficient (Wildman–Crippen LogP) is 0.279. The van der Waals surface area contributed by atoms with Crippen LogP contribution in [0.2, 0.25) is 0 Å². The lowest BCUT2D eigenvalue weighted by Crippen LogP contribution is -2.26. The second kappa shape index (κ2) is 3.65. The van der Waals surface area contributed by atoms with Crippen molar-refractivity contribution in [3.63, 3.8) is 0 Å². The first-order chi connectivity index (χ1) is 7.09. The first-order valence-electron chi connectivity index (χ1n) is 4.21. The molecule has 76 valence electrons. The number of aromatic carboxylic acids is 1. The van der Waals surface area contributed by atoms with Gasteiger partial charge in [0.15, 0.2) is 0 Å². The molecule has 0 fully saturated rings. The lowest BCUT2D eigenvalue weighted by molar-refractivity contribution is 0.0699. The summed E-state index contributed by atoms with van der Waals surface area (Å²) in [6.45, 7) is 0. The van der Waals surface area contributed by atoms with Crippen molar-refractivity contribution >= 4 is 39.3 Å². The van der Waals surface area contributed by atoms with Crippen molar-refractivity contribution in [3.05, 3.63) is 29.8 Å². The van der Waals surface area contributed by atoms with Gasteiger partial charge < -0.3 is 15.2 Å². The van der Waals surface area contributed by atoms with Gasteiger partial charge in [0.05, 0.1) is 5.56 Å². The maximum Gasteiger partial charge on any atom is 0.499 e. The number of rotatable bonds is 2. The number of thiophene rings is 1. The van der Waals surface area contributed by atoms with Crippen LogP contribution in [0.25, 0.3) is 10.1 Å². The van der Waals surface area contributed by atoms with Gasteiger partial charge >= 0.3 is 13.1 Å². The van der Waals surface area contributed by atoms with Crippen molar-refractivity contribution in [2.75, 3.05) is 0 Å². The van der Waals surface area contributed by atoms with Gasteiger partial charge in [-0.25, -0.2) is 4.79 Å². The average molecular weight is 222 g/mol. The van der Waals surface area contributed by atoms with Gasteiger partial charge in [0, 0.05) is 9.48 Å². The molecule has 1 heterocycles. The van der Waals surface area contributed by atoms with E-state index in [4.69, 9.17) is 15.2 Å². The van der Waals surface area contributed by atoms with E-state index in [1.54, 1.807) is 18.2 Å². The van der Waals surface area contributed by atoms with Crippen LogP contribution in [0.4, 0.5) is 0 Å². The Hall–Kier alpha value is -1.37. The maximum atomic E-state index is 10.9.